The van der Waals surface area contributed by atoms with Gasteiger partial charge in [-0.25, -0.2) is 0 Å². The number of rotatable bonds is 0. The molecule has 0 saturated carbocycles. The average Bonchev–Trinajstić information content (AvgIpc) is 2.15. The van der Waals surface area contributed by atoms with Crippen LogP contribution in [0.2, 0.25) is 0 Å². The van der Waals surface area contributed by atoms with Crippen LogP contribution in [0, 0.1) is 11.3 Å². The normalized spacial score (nSPS) is 21.1. The van der Waals surface area contributed by atoms with Crippen molar-refractivity contribution in [1.82, 2.24) is 4.98 Å². The van der Waals surface area contributed by atoms with Gasteiger partial charge in [-0.2, -0.15) is 0 Å². The van der Waals surface area contributed by atoms with E-state index in [-0.39, 0.29) is 0 Å². The van der Waals surface area contributed by atoms with E-state index in [2.05, 4.69) is 25.8 Å². The first kappa shape index (κ1) is 10.5. The van der Waals surface area contributed by atoms with Gasteiger partial charge in [-0.05, 0) is 42.2 Å². The lowest BCUT2D eigenvalue weighted by molar-refractivity contribution is 0.214. The van der Waals surface area contributed by atoms with E-state index in [1.54, 1.807) is 6.20 Å². The lowest BCUT2D eigenvalue weighted by atomic mass is 9.71. The zero-order chi connectivity index (χ0) is 11.1. The number of pyridine rings is 1. The van der Waals surface area contributed by atoms with E-state index >= 15 is 0 Å². The van der Waals surface area contributed by atoms with Crippen LogP contribution in [0.15, 0.2) is 12.3 Å². The third-order valence-electron chi connectivity index (χ3n) is 3.47. The van der Waals surface area contributed by atoms with Crippen LogP contribution in [0.25, 0.3) is 0 Å². The van der Waals surface area contributed by atoms with Gasteiger partial charge in [0.05, 0.1) is 6.20 Å². The Labute approximate surface area is 91.4 Å². The smallest absolute Gasteiger partial charge is 0.134 e. The van der Waals surface area contributed by atoms with Crippen molar-refractivity contribution in [2.24, 2.45) is 11.3 Å². The molecule has 1 heterocycles. The van der Waals surface area contributed by atoms with Crippen LogP contribution in [-0.4, -0.2) is 10.1 Å². The fourth-order valence-electron chi connectivity index (χ4n) is 2.35. The molecule has 0 radical (unpaired) electrons. The van der Waals surface area contributed by atoms with Crippen LogP contribution >= 0.6 is 0 Å². The Morgan fingerprint density at radius 1 is 1.40 bits per heavy atom. The lowest BCUT2D eigenvalue weighted by Gasteiger charge is -2.34. The van der Waals surface area contributed by atoms with Crippen molar-refractivity contribution in [3.63, 3.8) is 0 Å². The number of fused-ring (bicyclic) bond motifs is 1. The van der Waals surface area contributed by atoms with Crippen molar-refractivity contribution in [2.45, 2.75) is 40.0 Å². The second kappa shape index (κ2) is 3.51. The standard InChI is InChI=1S/C13H19NO/c1-13(2,3)10-4-5-12-9(6-10)7-11(15)8-14-12/h7-8,10,15H,4-6H2,1-3H3/t10-/m0/s1. The Kier molecular flexibility index (Phi) is 2.45. The van der Waals surface area contributed by atoms with E-state index in [9.17, 15) is 5.11 Å². The Hall–Kier alpha value is -1.05. The highest BCUT2D eigenvalue weighted by Crippen LogP contribution is 2.37. The van der Waals surface area contributed by atoms with Crippen LogP contribution < -0.4 is 0 Å². The molecule has 0 saturated heterocycles. The van der Waals surface area contributed by atoms with Crippen molar-refractivity contribution in [3.05, 3.63) is 23.5 Å². The monoisotopic (exact) mass is 205 g/mol. The SMILES string of the molecule is CC(C)(C)[C@H]1CCc2ncc(O)cc2C1. The summed E-state index contributed by atoms with van der Waals surface area (Å²) in [7, 11) is 0. The molecule has 2 nitrogen and oxygen atoms in total. The number of nitrogens with zero attached hydrogens (tertiary/aromatic N) is 1. The van der Waals surface area contributed by atoms with E-state index in [1.165, 1.54) is 17.7 Å². The predicted molar refractivity (Wildman–Crippen MR) is 60.9 cm³/mol. The van der Waals surface area contributed by atoms with Gasteiger partial charge >= 0.3 is 0 Å². The van der Waals surface area contributed by atoms with Gasteiger partial charge in [0.1, 0.15) is 5.75 Å². The molecule has 1 aliphatic rings. The van der Waals surface area contributed by atoms with Gasteiger partial charge in [0.2, 0.25) is 0 Å². The summed E-state index contributed by atoms with van der Waals surface area (Å²) in [5.41, 5.74) is 2.76. The minimum atomic E-state index is 0.295. The molecule has 0 fully saturated rings. The van der Waals surface area contributed by atoms with Crippen molar-refractivity contribution in [1.29, 1.82) is 0 Å². The molecule has 0 spiro atoms. The van der Waals surface area contributed by atoms with Crippen LogP contribution in [0.4, 0.5) is 0 Å². The number of aromatic hydroxyl groups is 1. The van der Waals surface area contributed by atoms with Crippen molar-refractivity contribution < 1.29 is 5.11 Å². The molecular formula is C13H19NO. The Morgan fingerprint density at radius 2 is 2.13 bits per heavy atom. The summed E-state index contributed by atoms with van der Waals surface area (Å²) >= 11 is 0. The van der Waals surface area contributed by atoms with Gasteiger partial charge in [-0.15, -0.1) is 0 Å². The van der Waals surface area contributed by atoms with Crippen molar-refractivity contribution >= 4 is 0 Å². The molecule has 0 unspecified atom stereocenters. The van der Waals surface area contributed by atoms with Crippen molar-refractivity contribution in [3.8, 4) is 5.75 Å². The largest absolute Gasteiger partial charge is 0.506 e. The van der Waals surface area contributed by atoms with Crippen LogP contribution in [0.3, 0.4) is 0 Å². The summed E-state index contributed by atoms with van der Waals surface area (Å²) in [6, 6.07) is 1.88. The Morgan fingerprint density at radius 3 is 2.80 bits per heavy atom. The minimum absolute atomic E-state index is 0.295. The first-order valence-corrected chi connectivity index (χ1v) is 5.63. The van der Waals surface area contributed by atoms with E-state index in [0.29, 0.717) is 17.1 Å². The molecule has 1 N–H and O–H groups in total. The molecule has 1 aliphatic carbocycles. The maximum Gasteiger partial charge on any atom is 0.134 e. The van der Waals surface area contributed by atoms with Gasteiger partial charge in [0.25, 0.3) is 0 Å². The van der Waals surface area contributed by atoms with E-state index < -0.39 is 0 Å². The predicted octanol–water partition coefficient (Wildman–Crippen LogP) is 2.94. The summed E-state index contributed by atoms with van der Waals surface area (Å²) < 4.78 is 0. The lowest BCUT2D eigenvalue weighted by Crippen LogP contribution is -2.27. The van der Waals surface area contributed by atoms with Gasteiger partial charge in [-0.3, -0.25) is 4.98 Å². The Balaban J connectivity index is 2.26. The second-order valence-corrected chi connectivity index (χ2v) is 5.61. The zero-order valence-electron chi connectivity index (χ0n) is 9.75. The van der Waals surface area contributed by atoms with Gasteiger partial charge in [0.15, 0.2) is 0 Å². The molecule has 1 aromatic rings. The first-order chi connectivity index (χ1) is 6.97. The maximum absolute atomic E-state index is 9.41. The summed E-state index contributed by atoms with van der Waals surface area (Å²) in [5, 5.41) is 9.41. The Bertz CT molecular complexity index is 365. The average molecular weight is 205 g/mol. The molecule has 2 heteroatoms. The number of aryl methyl sites for hydroxylation is 1. The highest BCUT2D eigenvalue weighted by molar-refractivity contribution is 5.30. The molecule has 82 valence electrons. The van der Waals surface area contributed by atoms with Gasteiger partial charge in [0, 0.05) is 5.69 Å². The number of hydrogen-bond acceptors (Lipinski definition) is 2. The van der Waals surface area contributed by atoms with E-state index in [4.69, 9.17) is 0 Å². The number of hydrogen-bond donors (Lipinski definition) is 1. The molecule has 0 bridgehead atoms. The summed E-state index contributed by atoms with van der Waals surface area (Å²) in [6.07, 6.45) is 4.88. The van der Waals surface area contributed by atoms with Crippen LogP contribution in [0.5, 0.6) is 5.75 Å². The highest BCUT2D eigenvalue weighted by atomic mass is 16.3. The third-order valence-corrected chi connectivity index (χ3v) is 3.47. The summed E-state index contributed by atoms with van der Waals surface area (Å²) in [4.78, 5) is 4.29. The summed E-state index contributed by atoms with van der Waals surface area (Å²) in [6.45, 7) is 6.87. The summed E-state index contributed by atoms with van der Waals surface area (Å²) in [5.74, 6) is 0.997. The first-order valence-electron chi connectivity index (χ1n) is 5.63. The zero-order valence-corrected chi connectivity index (χ0v) is 9.75. The van der Waals surface area contributed by atoms with Crippen molar-refractivity contribution in [2.75, 3.05) is 0 Å². The molecule has 0 aromatic carbocycles. The molecule has 1 atom stereocenters. The molecule has 2 rings (SSSR count). The molecular weight excluding hydrogens is 186 g/mol. The highest BCUT2D eigenvalue weighted by Gasteiger charge is 2.29. The number of aromatic nitrogens is 1. The quantitative estimate of drug-likeness (QED) is 0.706. The second-order valence-electron chi connectivity index (χ2n) is 5.61. The molecule has 15 heavy (non-hydrogen) atoms. The van der Waals surface area contributed by atoms with Crippen LogP contribution in [0.1, 0.15) is 38.4 Å². The molecule has 0 amide bonds. The fourth-order valence-corrected chi connectivity index (χ4v) is 2.35. The van der Waals surface area contributed by atoms with E-state index in [0.717, 1.165) is 12.8 Å². The van der Waals surface area contributed by atoms with Gasteiger partial charge < -0.3 is 5.11 Å². The molecule has 0 aliphatic heterocycles. The fraction of sp³-hybridized carbons (Fsp3) is 0.615. The van der Waals surface area contributed by atoms with Crippen LogP contribution in [-0.2, 0) is 12.8 Å². The molecule has 1 aromatic heterocycles. The maximum atomic E-state index is 9.41. The third kappa shape index (κ3) is 2.14. The van der Waals surface area contributed by atoms with E-state index in [1.807, 2.05) is 6.07 Å². The van der Waals surface area contributed by atoms with Gasteiger partial charge in [-0.1, -0.05) is 20.8 Å². The topological polar surface area (TPSA) is 33.1 Å². The minimum Gasteiger partial charge on any atom is -0.506 e.